The number of aromatic nitrogens is 2. The second-order valence-electron chi connectivity index (χ2n) is 12.0. The number of hydrogen-bond donors (Lipinski definition) is 0. The summed E-state index contributed by atoms with van der Waals surface area (Å²) in [7, 11) is 0. The van der Waals surface area contributed by atoms with Gasteiger partial charge in [0.05, 0.1) is 18.3 Å². The Balaban J connectivity index is 1.23. The normalized spacial score (nSPS) is 48.6. The molecule has 5 saturated carbocycles. The molecular formula is C26H35N3O. The van der Waals surface area contributed by atoms with Crippen LogP contribution in [0.4, 0.5) is 0 Å². The summed E-state index contributed by atoms with van der Waals surface area (Å²) in [6.07, 6.45) is 16.8. The van der Waals surface area contributed by atoms with Gasteiger partial charge in [0, 0.05) is 12.1 Å². The van der Waals surface area contributed by atoms with E-state index in [1.165, 1.54) is 57.8 Å². The molecule has 5 aliphatic rings. The molecule has 6 rings (SSSR count). The molecule has 4 nitrogen and oxygen atoms in total. The number of ketones is 1. The number of fused-ring (bicyclic) bond motifs is 3. The molecule has 1 aromatic rings. The fraction of sp³-hybridized carbons (Fsp3) is 0.808. The molecular weight excluding hydrogens is 370 g/mol. The number of hydrogen-bond acceptors (Lipinski definition) is 3. The van der Waals surface area contributed by atoms with Crippen LogP contribution in [-0.4, -0.2) is 15.6 Å². The van der Waals surface area contributed by atoms with E-state index in [1.54, 1.807) is 17.1 Å². The van der Waals surface area contributed by atoms with Gasteiger partial charge in [-0.25, -0.2) is 0 Å². The van der Waals surface area contributed by atoms with Gasteiger partial charge >= 0.3 is 0 Å². The van der Waals surface area contributed by atoms with E-state index in [0.717, 1.165) is 30.1 Å². The lowest BCUT2D eigenvalue weighted by Gasteiger charge is -2.59. The molecule has 5 aliphatic carbocycles. The van der Waals surface area contributed by atoms with Crippen molar-refractivity contribution < 1.29 is 4.79 Å². The average Bonchev–Trinajstić information content (AvgIpc) is 3.02. The summed E-state index contributed by atoms with van der Waals surface area (Å²) in [6, 6.07) is 2.12. The molecule has 8 unspecified atom stereocenters. The summed E-state index contributed by atoms with van der Waals surface area (Å²) in [5.74, 6) is 4.22. The third-order valence-electron chi connectivity index (χ3n) is 11.1. The lowest BCUT2D eigenvalue weighted by atomic mass is 9.46. The highest BCUT2D eigenvalue weighted by molar-refractivity contribution is 5.83. The van der Waals surface area contributed by atoms with Gasteiger partial charge in [0.15, 0.2) is 5.78 Å². The molecule has 0 spiro atoms. The molecule has 30 heavy (non-hydrogen) atoms. The van der Waals surface area contributed by atoms with Crippen molar-refractivity contribution in [2.24, 2.45) is 45.8 Å². The monoisotopic (exact) mass is 405 g/mol. The lowest BCUT2D eigenvalue weighted by molar-refractivity contribution is -0.128. The van der Waals surface area contributed by atoms with Crippen LogP contribution in [0.5, 0.6) is 0 Å². The van der Waals surface area contributed by atoms with E-state index in [-0.39, 0.29) is 5.92 Å². The Hall–Kier alpha value is -1.63. The number of rotatable bonds is 3. The highest BCUT2D eigenvalue weighted by Crippen LogP contribution is 2.86. The van der Waals surface area contributed by atoms with Crippen LogP contribution in [0.1, 0.15) is 83.6 Å². The van der Waals surface area contributed by atoms with Crippen molar-refractivity contribution in [2.45, 2.75) is 84.6 Å². The molecule has 0 aliphatic heterocycles. The maximum Gasteiger partial charge on any atom is 0.157 e. The van der Waals surface area contributed by atoms with Crippen LogP contribution in [-0.2, 0) is 11.3 Å². The van der Waals surface area contributed by atoms with Crippen LogP contribution in [0.25, 0.3) is 0 Å². The zero-order chi connectivity index (χ0) is 20.7. The SMILES string of the molecule is CC1CCC2(C)C(CCC3C2CCC24CC32CCC4C(=O)Cn2cc(C#N)cn2)C1. The minimum atomic E-state index is 0.227. The smallest absolute Gasteiger partial charge is 0.157 e. The Labute approximate surface area is 180 Å². The molecule has 0 aromatic carbocycles. The maximum atomic E-state index is 13.3. The van der Waals surface area contributed by atoms with Gasteiger partial charge in [-0.05, 0) is 97.7 Å². The molecule has 0 bridgehead atoms. The van der Waals surface area contributed by atoms with E-state index in [0.29, 0.717) is 34.1 Å². The fourth-order valence-electron chi connectivity index (χ4n) is 9.67. The maximum absolute atomic E-state index is 13.3. The number of nitriles is 1. The molecule has 0 amide bonds. The first kappa shape index (κ1) is 19.1. The molecule has 160 valence electrons. The number of carbonyl (C=O) groups is 1. The van der Waals surface area contributed by atoms with Crippen molar-refractivity contribution in [3.05, 3.63) is 18.0 Å². The van der Waals surface area contributed by atoms with Crippen LogP contribution in [0.3, 0.4) is 0 Å². The van der Waals surface area contributed by atoms with Gasteiger partial charge in [0.1, 0.15) is 6.07 Å². The zero-order valence-electron chi connectivity index (χ0n) is 18.6. The third kappa shape index (κ3) is 2.33. The molecule has 1 aromatic heterocycles. The van der Waals surface area contributed by atoms with Crippen molar-refractivity contribution >= 4 is 5.78 Å². The van der Waals surface area contributed by atoms with Gasteiger partial charge in [-0.2, -0.15) is 10.4 Å². The first-order valence-electron chi connectivity index (χ1n) is 12.4. The minimum absolute atomic E-state index is 0.227. The fourth-order valence-corrected chi connectivity index (χ4v) is 9.67. The van der Waals surface area contributed by atoms with Crippen LogP contribution in [0.2, 0.25) is 0 Å². The summed E-state index contributed by atoms with van der Waals surface area (Å²) in [6.45, 7) is 5.45. The van der Waals surface area contributed by atoms with E-state index in [2.05, 4.69) is 25.0 Å². The van der Waals surface area contributed by atoms with Gasteiger partial charge < -0.3 is 0 Å². The first-order valence-corrected chi connectivity index (χ1v) is 12.4. The van der Waals surface area contributed by atoms with Gasteiger partial charge in [-0.1, -0.05) is 20.3 Å². The highest BCUT2D eigenvalue weighted by atomic mass is 16.1. The number of carbonyl (C=O) groups excluding carboxylic acids is 1. The van der Waals surface area contributed by atoms with E-state index >= 15 is 0 Å². The van der Waals surface area contributed by atoms with E-state index in [4.69, 9.17) is 5.26 Å². The standard InChI is InChI=1S/C26H35N3O/c1-17-5-8-24(2)19(11-17)3-4-21-20(24)6-9-26-16-25(21,26)10-7-22(26)23(30)15-29-14-18(12-27)13-28-29/h13-14,17,19-22H,3-11,15-16H2,1-2H3. The summed E-state index contributed by atoms with van der Waals surface area (Å²) >= 11 is 0. The van der Waals surface area contributed by atoms with Crippen molar-refractivity contribution in [3.63, 3.8) is 0 Å². The quantitative estimate of drug-likeness (QED) is 0.679. The van der Waals surface area contributed by atoms with Crippen LogP contribution >= 0.6 is 0 Å². The molecule has 5 fully saturated rings. The predicted molar refractivity (Wildman–Crippen MR) is 114 cm³/mol. The predicted octanol–water partition coefficient (Wildman–Crippen LogP) is 5.37. The van der Waals surface area contributed by atoms with Crippen molar-refractivity contribution in [2.75, 3.05) is 0 Å². The average molecular weight is 406 g/mol. The molecule has 1 heterocycles. The third-order valence-corrected chi connectivity index (χ3v) is 11.1. The molecule has 0 N–H and O–H groups in total. The second kappa shape index (κ2) is 6.21. The van der Waals surface area contributed by atoms with Crippen LogP contribution in [0.15, 0.2) is 12.4 Å². The summed E-state index contributed by atoms with van der Waals surface area (Å²) in [5, 5.41) is 13.3. The lowest BCUT2D eigenvalue weighted by Crippen LogP contribution is -2.51. The highest BCUT2D eigenvalue weighted by Gasteiger charge is 2.80. The van der Waals surface area contributed by atoms with Crippen molar-refractivity contribution in [1.29, 1.82) is 5.26 Å². The van der Waals surface area contributed by atoms with E-state index < -0.39 is 0 Å². The van der Waals surface area contributed by atoms with Gasteiger partial charge in [0.2, 0.25) is 0 Å². The first-order chi connectivity index (χ1) is 14.4. The Morgan fingerprint density at radius 2 is 2.00 bits per heavy atom. The second-order valence-corrected chi connectivity index (χ2v) is 12.0. The zero-order valence-corrected chi connectivity index (χ0v) is 18.6. The molecule has 4 heteroatoms. The summed E-state index contributed by atoms with van der Waals surface area (Å²) in [4.78, 5) is 13.3. The van der Waals surface area contributed by atoms with Gasteiger partial charge in [-0.15, -0.1) is 0 Å². The van der Waals surface area contributed by atoms with E-state index in [1.807, 2.05) is 0 Å². The van der Waals surface area contributed by atoms with Crippen molar-refractivity contribution in [3.8, 4) is 6.07 Å². The largest absolute Gasteiger partial charge is 0.297 e. The minimum Gasteiger partial charge on any atom is -0.297 e. The van der Waals surface area contributed by atoms with E-state index in [9.17, 15) is 4.79 Å². The Bertz CT molecular complexity index is 929. The molecule has 8 atom stereocenters. The number of nitrogens with zero attached hydrogens (tertiary/aromatic N) is 3. The Morgan fingerprint density at radius 1 is 1.17 bits per heavy atom. The van der Waals surface area contributed by atoms with Crippen molar-refractivity contribution in [1.82, 2.24) is 9.78 Å². The Kier molecular flexibility index (Phi) is 3.95. The topological polar surface area (TPSA) is 58.7 Å². The van der Waals surface area contributed by atoms with Crippen LogP contribution < -0.4 is 0 Å². The van der Waals surface area contributed by atoms with Crippen LogP contribution in [0, 0.1) is 57.2 Å². The summed E-state index contributed by atoms with van der Waals surface area (Å²) < 4.78 is 1.68. The van der Waals surface area contributed by atoms with Gasteiger partial charge in [0.25, 0.3) is 0 Å². The Morgan fingerprint density at radius 3 is 2.80 bits per heavy atom. The molecule has 0 saturated heterocycles. The summed E-state index contributed by atoms with van der Waals surface area (Å²) in [5.41, 5.74) is 1.89. The molecule has 0 radical (unpaired) electrons. The van der Waals surface area contributed by atoms with Gasteiger partial charge in [-0.3, -0.25) is 9.48 Å². The number of Topliss-reactive ketones (excluding diaryl/α,β-unsaturated/α-hetero) is 1.